The van der Waals surface area contributed by atoms with E-state index in [1.807, 2.05) is 42.5 Å². The molecule has 6 rings (SSSR count). The molecule has 2 aliphatic rings. The van der Waals surface area contributed by atoms with E-state index in [0.717, 1.165) is 11.1 Å². The number of rotatable bonds is 7. The van der Waals surface area contributed by atoms with E-state index in [2.05, 4.69) is 21.4 Å². The van der Waals surface area contributed by atoms with Crippen molar-refractivity contribution in [3.05, 3.63) is 119 Å². The molecule has 1 fully saturated rings. The Hall–Kier alpha value is -4.29. The molecule has 2 aromatic heterocycles. The minimum Gasteiger partial charge on any atom is -0.495 e. The summed E-state index contributed by atoms with van der Waals surface area (Å²) in [6.45, 7) is 0.938. The van der Waals surface area contributed by atoms with Crippen molar-refractivity contribution in [2.24, 2.45) is 5.92 Å². The molecule has 1 unspecified atom stereocenters. The monoisotopic (exact) mass is 520 g/mol. The van der Waals surface area contributed by atoms with Gasteiger partial charge in [-0.1, -0.05) is 48.5 Å². The maximum absolute atomic E-state index is 12.8. The smallest absolute Gasteiger partial charge is 0.177 e. The number of benzene rings is 2. The normalized spacial score (nSPS) is 26.8. The highest BCUT2D eigenvalue weighted by Crippen LogP contribution is 2.69. The molecule has 1 saturated carbocycles. The highest BCUT2D eigenvalue weighted by Gasteiger charge is 2.76. The highest BCUT2D eigenvalue weighted by atomic mass is 16.5. The van der Waals surface area contributed by atoms with E-state index in [9.17, 15) is 15.5 Å². The summed E-state index contributed by atoms with van der Waals surface area (Å²) in [6.07, 6.45) is 5.35. The van der Waals surface area contributed by atoms with Crippen molar-refractivity contribution in [3.8, 4) is 17.6 Å². The number of nitrogens with one attached hydrogen (secondary N) is 1. The van der Waals surface area contributed by atoms with Crippen LogP contribution in [0.4, 0.5) is 0 Å². The number of nitriles is 1. The first-order chi connectivity index (χ1) is 19.0. The third-order valence-electron chi connectivity index (χ3n) is 8.05. The maximum atomic E-state index is 12.8. The zero-order valence-electron chi connectivity index (χ0n) is 21.4. The van der Waals surface area contributed by atoms with Gasteiger partial charge in [-0.2, -0.15) is 5.26 Å². The molecule has 39 heavy (non-hydrogen) atoms. The Bertz CT molecular complexity index is 1510. The highest BCUT2D eigenvalue weighted by molar-refractivity contribution is 5.59. The van der Waals surface area contributed by atoms with Crippen LogP contribution in [-0.2, 0) is 17.7 Å². The van der Waals surface area contributed by atoms with E-state index in [-0.39, 0.29) is 0 Å². The van der Waals surface area contributed by atoms with Crippen molar-refractivity contribution in [2.75, 3.05) is 13.7 Å². The summed E-state index contributed by atoms with van der Waals surface area (Å²) in [6, 6.07) is 22.8. The zero-order chi connectivity index (χ0) is 27.0. The molecule has 5 atom stereocenters. The lowest BCUT2D eigenvalue weighted by Crippen LogP contribution is -2.52. The fraction of sp³-hybridized carbons (Fsp3) is 0.258. The Morgan fingerprint density at radius 2 is 1.82 bits per heavy atom. The van der Waals surface area contributed by atoms with Crippen LogP contribution in [0, 0.1) is 17.2 Å². The zero-order valence-corrected chi connectivity index (χ0v) is 21.4. The van der Waals surface area contributed by atoms with Gasteiger partial charge in [0.15, 0.2) is 11.2 Å². The summed E-state index contributed by atoms with van der Waals surface area (Å²) in [4.78, 5) is 8.45. The average molecular weight is 521 g/mol. The Labute approximate surface area is 226 Å². The number of pyridine rings is 2. The lowest BCUT2D eigenvalue weighted by atomic mass is 9.70. The number of aliphatic hydroxyl groups is 2. The standard InChI is InChI=1S/C31H28N4O4/c1-38-25-18-35-19-26-28(25)30(37)29(36)24(17-34-16-21-6-5-13-33-15-21)27(22-7-3-2-4-8-22)31(30,39-26)23-11-9-20(14-32)10-12-23/h2-13,15,18-19,24,27,29,34,36-37H,16-17H2,1H3/t24-,27-,29?,30+,31+/m1/s1. The fourth-order valence-electron chi connectivity index (χ4n) is 6.44. The van der Waals surface area contributed by atoms with Crippen LogP contribution in [0.3, 0.4) is 0 Å². The number of hydrogen-bond acceptors (Lipinski definition) is 8. The molecular formula is C31H28N4O4. The number of nitrogens with zero attached hydrogens (tertiary/aromatic N) is 3. The van der Waals surface area contributed by atoms with Crippen LogP contribution in [0.5, 0.6) is 11.5 Å². The first-order valence-electron chi connectivity index (χ1n) is 12.8. The van der Waals surface area contributed by atoms with Crippen molar-refractivity contribution in [2.45, 2.75) is 29.8 Å². The molecule has 2 aromatic carbocycles. The van der Waals surface area contributed by atoms with E-state index in [0.29, 0.717) is 41.3 Å². The van der Waals surface area contributed by atoms with Crippen molar-refractivity contribution in [3.63, 3.8) is 0 Å². The van der Waals surface area contributed by atoms with Crippen LogP contribution < -0.4 is 14.8 Å². The number of ether oxygens (including phenoxy) is 2. The van der Waals surface area contributed by atoms with E-state index in [1.165, 1.54) is 13.3 Å². The van der Waals surface area contributed by atoms with Gasteiger partial charge in [0.05, 0.1) is 42.8 Å². The minimum absolute atomic E-state index is 0.334. The predicted octanol–water partition coefficient (Wildman–Crippen LogP) is 3.40. The van der Waals surface area contributed by atoms with E-state index < -0.39 is 29.1 Å². The van der Waals surface area contributed by atoms with Crippen molar-refractivity contribution < 1.29 is 19.7 Å². The maximum Gasteiger partial charge on any atom is 0.177 e. The number of hydrogen-bond donors (Lipinski definition) is 3. The third kappa shape index (κ3) is 3.70. The Balaban J connectivity index is 1.54. The van der Waals surface area contributed by atoms with E-state index in [4.69, 9.17) is 9.47 Å². The molecule has 0 bridgehead atoms. The summed E-state index contributed by atoms with van der Waals surface area (Å²) in [5, 5.41) is 37.9. The van der Waals surface area contributed by atoms with Crippen LogP contribution in [0.25, 0.3) is 0 Å². The molecule has 0 radical (unpaired) electrons. The Kier molecular flexibility index (Phi) is 6.28. The molecule has 0 saturated heterocycles. The summed E-state index contributed by atoms with van der Waals surface area (Å²) >= 11 is 0. The molecule has 4 aromatic rings. The second-order valence-corrected chi connectivity index (χ2v) is 10.00. The molecule has 3 N–H and O–H groups in total. The van der Waals surface area contributed by atoms with Crippen molar-refractivity contribution in [1.29, 1.82) is 5.26 Å². The molecule has 8 heteroatoms. The molecule has 3 heterocycles. The van der Waals surface area contributed by atoms with Crippen molar-refractivity contribution >= 4 is 0 Å². The van der Waals surface area contributed by atoms with Crippen LogP contribution in [-0.4, -0.2) is 39.9 Å². The van der Waals surface area contributed by atoms with Gasteiger partial charge in [0, 0.05) is 37.3 Å². The Morgan fingerprint density at radius 1 is 1.03 bits per heavy atom. The minimum atomic E-state index is -1.88. The second-order valence-electron chi connectivity index (χ2n) is 10.00. The van der Waals surface area contributed by atoms with Crippen LogP contribution in [0.2, 0.25) is 0 Å². The predicted molar refractivity (Wildman–Crippen MR) is 143 cm³/mol. The van der Waals surface area contributed by atoms with Gasteiger partial charge in [0.1, 0.15) is 11.5 Å². The van der Waals surface area contributed by atoms with Crippen LogP contribution in [0.1, 0.15) is 33.7 Å². The first-order valence-corrected chi connectivity index (χ1v) is 12.8. The van der Waals surface area contributed by atoms with E-state index in [1.54, 1.807) is 42.9 Å². The summed E-state index contributed by atoms with van der Waals surface area (Å²) in [7, 11) is 1.51. The average Bonchev–Trinajstić information content (AvgIpc) is 3.36. The molecular weight excluding hydrogens is 492 g/mol. The van der Waals surface area contributed by atoms with E-state index >= 15 is 0 Å². The molecule has 1 aliphatic heterocycles. The molecule has 8 nitrogen and oxygen atoms in total. The van der Waals surface area contributed by atoms with Gasteiger partial charge < -0.3 is 25.0 Å². The number of aliphatic hydroxyl groups excluding tert-OH is 1. The van der Waals surface area contributed by atoms with Gasteiger partial charge in [-0.3, -0.25) is 9.97 Å². The van der Waals surface area contributed by atoms with Gasteiger partial charge in [-0.05, 0) is 34.9 Å². The summed E-state index contributed by atoms with van der Waals surface area (Å²) in [5.74, 6) is -0.260. The fourth-order valence-corrected chi connectivity index (χ4v) is 6.44. The number of aromatic nitrogens is 2. The van der Waals surface area contributed by atoms with Gasteiger partial charge in [0.2, 0.25) is 0 Å². The quantitative estimate of drug-likeness (QED) is 0.339. The van der Waals surface area contributed by atoms with Crippen molar-refractivity contribution in [1.82, 2.24) is 15.3 Å². The topological polar surface area (TPSA) is 121 Å². The second kappa shape index (κ2) is 9.79. The lowest BCUT2D eigenvalue weighted by Gasteiger charge is -2.41. The molecule has 1 aliphatic carbocycles. The SMILES string of the molecule is COc1cncc2c1[C@]1(O)C(O)[C@H](CNCc3cccnc3)[C@@H](c3ccccc3)[C@]1(c1ccc(C#N)cc1)O2. The molecule has 0 spiro atoms. The largest absolute Gasteiger partial charge is 0.495 e. The summed E-state index contributed by atoms with van der Waals surface area (Å²) < 4.78 is 12.4. The number of fused-ring (bicyclic) bond motifs is 3. The third-order valence-corrected chi connectivity index (χ3v) is 8.05. The number of methoxy groups -OCH3 is 1. The van der Waals surface area contributed by atoms with Gasteiger partial charge in [0.25, 0.3) is 0 Å². The Morgan fingerprint density at radius 3 is 2.51 bits per heavy atom. The molecule has 196 valence electrons. The van der Waals surface area contributed by atoms with Gasteiger partial charge >= 0.3 is 0 Å². The first kappa shape index (κ1) is 25.0. The van der Waals surface area contributed by atoms with Crippen LogP contribution in [0.15, 0.2) is 91.5 Å². The van der Waals surface area contributed by atoms with Gasteiger partial charge in [-0.15, -0.1) is 0 Å². The molecule has 0 amide bonds. The van der Waals surface area contributed by atoms with Crippen LogP contribution >= 0.6 is 0 Å². The lowest BCUT2D eigenvalue weighted by molar-refractivity contribution is -0.152. The van der Waals surface area contributed by atoms with Gasteiger partial charge in [-0.25, -0.2) is 0 Å². The summed E-state index contributed by atoms with van der Waals surface area (Å²) in [5.41, 5.74) is 0.101.